The van der Waals surface area contributed by atoms with Gasteiger partial charge in [0.15, 0.2) is 0 Å². The lowest BCUT2D eigenvalue weighted by Crippen LogP contribution is -2.38. The van der Waals surface area contributed by atoms with Gasteiger partial charge in [-0.05, 0) is 40.0 Å². The molecular weight excluding hydrogens is 314 g/mol. The van der Waals surface area contributed by atoms with E-state index in [1.165, 1.54) is 0 Å². The predicted octanol–water partition coefficient (Wildman–Crippen LogP) is 3.18. The number of aliphatic hydroxyl groups is 1. The summed E-state index contributed by atoms with van der Waals surface area (Å²) in [5.41, 5.74) is 0.183. The van der Waals surface area contributed by atoms with E-state index in [4.69, 9.17) is 4.74 Å². The molecule has 2 atom stereocenters. The van der Waals surface area contributed by atoms with Crippen LogP contribution >= 0.6 is 12.6 Å². The van der Waals surface area contributed by atoms with Gasteiger partial charge in [-0.25, -0.2) is 4.79 Å². The summed E-state index contributed by atoms with van der Waals surface area (Å²) in [6.07, 6.45) is 1.58. The van der Waals surface area contributed by atoms with Crippen molar-refractivity contribution in [3.63, 3.8) is 0 Å². The molecule has 23 heavy (non-hydrogen) atoms. The second kappa shape index (κ2) is 8.93. The molecule has 128 valence electrons. The van der Waals surface area contributed by atoms with E-state index in [1.54, 1.807) is 12.1 Å². The van der Waals surface area contributed by atoms with Crippen LogP contribution in [0.3, 0.4) is 0 Å². The number of amides is 1. The monoisotopic (exact) mass is 339 g/mol. The minimum absolute atomic E-state index is 0.0693. The van der Waals surface area contributed by atoms with Gasteiger partial charge in [-0.1, -0.05) is 30.3 Å². The molecule has 0 bridgehead atoms. The zero-order chi connectivity index (χ0) is 17.5. The highest BCUT2D eigenvalue weighted by Gasteiger charge is 2.26. The Morgan fingerprint density at radius 3 is 2.22 bits per heavy atom. The van der Waals surface area contributed by atoms with Crippen molar-refractivity contribution in [2.75, 3.05) is 0 Å². The van der Waals surface area contributed by atoms with Crippen molar-refractivity contribution in [3.8, 4) is 0 Å². The van der Waals surface area contributed by atoms with Crippen LogP contribution in [0.2, 0.25) is 0 Å². The van der Waals surface area contributed by atoms with Gasteiger partial charge in [0.05, 0.1) is 6.10 Å². The highest BCUT2D eigenvalue weighted by atomic mass is 32.1. The third kappa shape index (κ3) is 8.62. The lowest BCUT2D eigenvalue weighted by atomic mass is 10.2. The summed E-state index contributed by atoms with van der Waals surface area (Å²) in [7, 11) is 0. The summed E-state index contributed by atoms with van der Waals surface area (Å²) in [5, 5.41) is 11.8. The van der Waals surface area contributed by atoms with Crippen LogP contribution < -0.4 is 5.32 Å². The number of thiol groups is 1. The van der Waals surface area contributed by atoms with Crippen molar-refractivity contribution in [1.29, 1.82) is 0 Å². The van der Waals surface area contributed by atoms with Gasteiger partial charge in [0.2, 0.25) is 5.12 Å². The molecule has 0 radical (unpaired) electrons. The number of hydrogen-bond donors (Lipinski definition) is 3. The van der Waals surface area contributed by atoms with Crippen molar-refractivity contribution in [2.24, 2.45) is 0 Å². The van der Waals surface area contributed by atoms with E-state index in [2.05, 4.69) is 17.9 Å². The molecule has 2 N–H and O–H groups in total. The number of ether oxygens (including phenoxy) is 1. The summed E-state index contributed by atoms with van der Waals surface area (Å²) in [6.45, 7) is 5.49. The van der Waals surface area contributed by atoms with Crippen LogP contribution in [0.15, 0.2) is 30.3 Å². The lowest BCUT2D eigenvalue weighted by molar-refractivity contribution is 0.0502. The van der Waals surface area contributed by atoms with Gasteiger partial charge in [0, 0.05) is 11.6 Å². The second-order valence-corrected chi connectivity index (χ2v) is 6.89. The van der Waals surface area contributed by atoms with Gasteiger partial charge in [-0.15, -0.1) is 12.6 Å². The molecule has 1 saturated carbocycles. The molecule has 1 aliphatic rings. The molecule has 0 saturated heterocycles. The fourth-order valence-corrected chi connectivity index (χ4v) is 2.29. The number of hydrogen-bond acceptors (Lipinski definition) is 4. The Labute approximate surface area is 142 Å². The van der Waals surface area contributed by atoms with Crippen molar-refractivity contribution >= 4 is 23.8 Å². The first-order chi connectivity index (χ1) is 10.7. The van der Waals surface area contributed by atoms with E-state index < -0.39 is 11.7 Å². The quantitative estimate of drug-likeness (QED) is 0.723. The van der Waals surface area contributed by atoms with Crippen LogP contribution in [0, 0.1) is 0 Å². The molecule has 1 amide bonds. The summed E-state index contributed by atoms with van der Waals surface area (Å²) in [6, 6.07) is 9.01. The number of nitrogens with one attached hydrogen (secondary N) is 1. The molecule has 0 spiro atoms. The predicted molar refractivity (Wildman–Crippen MR) is 92.8 cm³/mol. The number of rotatable bonds is 2. The maximum atomic E-state index is 11.3. The van der Waals surface area contributed by atoms with Crippen molar-refractivity contribution in [3.05, 3.63) is 35.9 Å². The van der Waals surface area contributed by atoms with Crippen LogP contribution in [-0.4, -0.2) is 34.1 Å². The molecule has 5 nitrogen and oxygen atoms in total. The fraction of sp³-hybridized carbons (Fsp3) is 0.529. The molecule has 2 rings (SSSR count). The Balaban J connectivity index is 0.000000253. The number of alkyl carbamates (subject to hydrolysis) is 1. The Morgan fingerprint density at radius 1 is 1.22 bits per heavy atom. The lowest BCUT2D eigenvalue weighted by Gasteiger charge is -2.21. The standard InChI is InChI=1S/C10H19NO3.C7H6OS/c1-10(2,3)14-9(13)11-7-4-5-8(12)6-7;8-7(9)6-4-2-1-3-5-6/h7-8,12H,4-6H2,1-3H3,(H,11,13);1-5H,(H,8,9). The fourth-order valence-electron chi connectivity index (χ4n) is 2.14. The van der Waals surface area contributed by atoms with Crippen LogP contribution in [0.4, 0.5) is 4.79 Å². The number of carbonyl (C=O) groups is 2. The van der Waals surface area contributed by atoms with E-state index >= 15 is 0 Å². The molecular formula is C17H25NO4S. The summed E-state index contributed by atoms with van der Waals surface area (Å²) < 4.78 is 5.10. The van der Waals surface area contributed by atoms with Crippen LogP contribution in [0.25, 0.3) is 0 Å². The zero-order valence-corrected chi connectivity index (χ0v) is 14.7. The van der Waals surface area contributed by atoms with Crippen LogP contribution in [0.1, 0.15) is 50.4 Å². The minimum atomic E-state index is -0.457. The van der Waals surface area contributed by atoms with E-state index in [0.717, 1.165) is 12.8 Å². The van der Waals surface area contributed by atoms with Gasteiger partial charge in [-0.3, -0.25) is 4.79 Å². The topological polar surface area (TPSA) is 75.6 Å². The number of carbonyl (C=O) groups excluding carboxylic acids is 2. The van der Waals surface area contributed by atoms with E-state index in [-0.39, 0.29) is 17.3 Å². The smallest absolute Gasteiger partial charge is 0.407 e. The first kappa shape index (κ1) is 19.5. The van der Waals surface area contributed by atoms with Gasteiger partial charge in [0.25, 0.3) is 0 Å². The molecule has 0 aromatic heterocycles. The van der Waals surface area contributed by atoms with Crippen molar-refractivity contribution < 1.29 is 19.4 Å². The first-order valence-electron chi connectivity index (χ1n) is 7.63. The molecule has 0 heterocycles. The Morgan fingerprint density at radius 2 is 1.83 bits per heavy atom. The summed E-state index contributed by atoms with van der Waals surface area (Å²) in [4.78, 5) is 21.8. The minimum Gasteiger partial charge on any atom is -0.444 e. The molecule has 0 aliphatic heterocycles. The molecule has 2 unspecified atom stereocenters. The van der Waals surface area contributed by atoms with Crippen molar-refractivity contribution in [2.45, 2.75) is 57.8 Å². The van der Waals surface area contributed by atoms with E-state index in [0.29, 0.717) is 12.0 Å². The van der Waals surface area contributed by atoms with Gasteiger partial charge in [0.1, 0.15) is 5.60 Å². The maximum Gasteiger partial charge on any atom is 0.407 e. The first-order valence-corrected chi connectivity index (χ1v) is 8.08. The Bertz CT molecular complexity index is 513. The molecule has 1 aromatic carbocycles. The summed E-state index contributed by atoms with van der Waals surface area (Å²) >= 11 is 3.65. The Kier molecular flexibility index (Phi) is 7.58. The molecule has 6 heteroatoms. The van der Waals surface area contributed by atoms with E-state index in [1.807, 2.05) is 39.0 Å². The van der Waals surface area contributed by atoms with Gasteiger partial charge in [-0.2, -0.15) is 0 Å². The van der Waals surface area contributed by atoms with Crippen LogP contribution in [0.5, 0.6) is 0 Å². The largest absolute Gasteiger partial charge is 0.444 e. The maximum absolute atomic E-state index is 11.3. The number of aliphatic hydroxyl groups excluding tert-OH is 1. The SMILES string of the molecule is CC(C)(C)OC(=O)NC1CCC(O)C1.O=C(S)c1ccccc1. The second-order valence-electron chi connectivity index (χ2n) is 6.48. The highest BCUT2D eigenvalue weighted by molar-refractivity contribution is 7.97. The van der Waals surface area contributed by atoms with Crippen LogP contribution in [-0.2, 0) is 4.74 Å². The van der Waals surface area contributed by atoms with Gasteiger partial charge >= 0.3 is 6.09 Å². The highest BCUT2D eigenvalue weighted by Crippen LogP contribution is 2.19. The normalized spacial score (nSPS) is 20.2. The average Bonchev–Trinajstić information content (AvgIpc) is 2.83. The van der Waals surface area contributed by atoms with Gasteiger partial charge < -0.3 is 15.2 Å². The average molecular weight is 339 g/mol. The molecule has 1 aromatic rings. The Hall–Kier alpha value is -1.53. The zero-order valence-electron chi connectivity index (χ0n) is 13.8. The molecule has 1 fully saturated rings. The number of benzene rings is 1. The third-order valence-corrected chi connectivity index (χ3v) is 3.40. The molecule has 1 aliphatic carbocycles. The van der Waals surface area contributed by atoms with Crippen molar-refractivity contribution in [1.82, 2.24) is 5.32 Å². The van der Waals surface area contributed by atoms with E-state index in [9.17, 15) is 14.7 Å². The summed E-state index contributed by atoms with van der Waals surface area (Å²) in [5.74, 6) is 0. The third-order valence-electron chi connectivity index (χ3n) is 3.15.